The predicted molar refractivity (Wildman–Crippen MR) is 56.5 cm³/mol. The molecule has 0 N–H and O–H groups in total. The van der Waals surface area contributed by atoms with Gasteiger partial charge in [0.1, 0.15) is 5.82 Å². The predicted octanol–water partition coefficient (Wildman–Crippen LogP) is 2.44. The van der Waals surface area contributed by atoms with Crippen molar-refractivity contribution in [1.82, 2.24) is 9.55 Å². The fourth-order valence-electron chi connectivity index (χ4n) is 2.89. The van der Waals surface area contributed by atoms with Crippen molar-refractivity contribution in [3.8, 4) is 0 Å². The van der Waals surface area contributed by atoms with Crippen molar-refractivity contribution in [1.29, 1.82) is 0 Å². The summed E-state index contributed by atoms with van der Waals surface area (Å²) in [6.45, 7) is 5.88. The number of hydrogen-bond donors (Lipinski definition) is 0. The standard InChI is InChI=1S/C12H18N2/c1-12(2)7-6-9-11(12)13-10-5-3-4-8-14(9)10/h3-8H2,1-2H3. The van der Waals surface area contributed by atoms with Crippen molar-refractivity contribution in [2.45, 2.75) is 57.9 Å². The van der Waals surface area contributed by atoms with Gasteiger partial charge in [-0.3, -0.25) is 0 Å². The molecule has 1 aromatic heterocycles. The van der Waals surface area contributed by atoms with E-state index in [-0.39, 0.29) is 0 Å². The van der Waals surface area contributed by atoms with Crippen LogP contribution >= 0.6 is 0 Å². The highest BCUT2D eigenvalue weighted by atomic mass is 15.1. The second kappa shape index (κ2) is 2.62. The van der Waals surface area contributed by atoms with Crippen molar-refractivity contribution in [3.63, 3.8) is 0 Å². The van der Waals surface area contributed by atoms with Gasteiger partial charge in [0.05, 0.1) is 5.69 Å². The second-order valence-corrected chi connectivity index (χ2v) is 5.32. The first kappa shape index (κ1) is 8.51. The number of aryl methyl sites for hydroxylation is 1. The summed E-state index contributed by atoms with van der Waals surface area (Å²) in [7, 11) is 0. The van der Waals surface area contributed by atoms with Crippen LogP contribution in [0, 0.1) is 0 Å². The SMILES string of the molecule is CC1(C)CCc2c1nc1n2CCCC1. The summed E-state index contributed by atoms with van der Waals surface area (Å²) >= 11 is 0. The van der Waals surface area contributed by atoms with E-state index in [1.165, 1.54) is 50.2 Å². The van der Waals surface area contributed by atoms with Gasteiger partial charge >= 0.3 is 0 Å². The van der Waals surface area contributed by atoms with E-state index in [0.717, 1.165) is 0 Å². The van der Waals surface area contributed by atoms with Crippen molar-refractivity contribution in [3.05, 3.63) is 17.2 Å². The van der Waals surface area contributed by atoms with Gasteiger partial charge in [0.15, 0.2) is 0 Å². The summed E-state index contributed by atoms with van der Waals surface area (Å²) in [5, 5.41) is 0. The molecule has 0 atom stereocenters. The Morgan fingerprint density at radius 2 is 2.07 bits per heavy atom. The molecule has 2 aliphatic rings. The summed E-state index contributed by atoms with van der Waals surface area (Å²) in [6, 6.07) is 0. The highest BCUT2D eigenvalue weighted by Gasteiger charge is 2.35. The molecule has 0 fully saturated rings. The zero-order valence-electron chi connectivity index (χ0n) is 9.14. The Morgan fingerprint density at radius 1 is 1.21 bits per heavy atom. The van der Waals surface area contributed by atoms with Crippen molar-refractivity contribution < 1.29 is 0 Å². The van der Waals surface area contributed by atoms with Gasteiger partial charge in [-0.25, -0.2) is 4.98 Å². The van der Waals surface area contributed by atoms with Crippen LogP contribution in [-0.4, -0.2) is 9.55 Å². The second-order valence-electron chi connectivity index (χ2n) is 5.32. The summed E-state index contributed by atoms with van der Waals surface area (Å²) in [5.41, 5.74) is 3.28. The summed E-state index contributed by atoms with van der Waals surface area (Å²) in [4.78, 5) is 4.85. The molecule has 14 heavy (non-hydrogen) atoms. The zero-order chi connectivity index (χ0) is 9.76. The van der Waals surface area contributed by atoms with Gasteiger partial charge in [-0.05, 0) is 25.7 Å². The summed E-state index contributed by atoms with van der Waals surface area (Å²) < 4.78 is 2.49. The first-order valence-electron chi connectivity index (χ1n) is 5.77. The van der Waals surface area contributed by atoms with Crippen LogP contribution in [0.4, 0.5) is 0 Å². The molecule has 0 unspecified atom stereocenters. The lowest BCUT2D eigenvalue weighted by atomic mass is 9.91. The van der Waals surface area contributed by atoms with Crippen LogP contribution in [0.2, 0.25) is 0 Å². The Bertz CT molecular complexity index is 374. The Morgan fingerprint density at radius 3 is 2.93 bits per heavy atom. The van der Waals surface area contributed by atoms with E-state index in [4.69, 9.17) is 4.98 Å². The van der Waals surface area contributed by atoms with E-state index in [9.17, 15) is 0 Å². The van der Waals surface area contributed by atoms with Crippen LogP contribution in [-0.2, 0) is 24.8 Å². The molecular weight excluding hydrogens is 172 g/mol. The van der Waals surface area contributed by atoms with Crippen molar-refractivity contribution >= 4 is 0 Å². The molecule has 0 amide bonds. The largest absolute Gasteiger partial charge is 0.332 e. The molecule has 3 rings (SSSR count). The van der Waals surface area contributed by atoms with Gasteiger partial charge in [-0.1, -0.05) is 13.8 Å². The summed E-state index contributed by atoms with van der Waals surface area (Å²) in [6.07, 6.45) is 6.40. The third-order valence-electron chi connectivity index (χ3n) is 3.81. The molecule has 2 heteroatoms. The first-order valence-corrected chi connectivity index (χ1v) is 5.77. The molecule has 1 aromatic rings. The number of aromatic nitrogens is 2. The lowest BCUT2D eigenvalue weighted by Crippen LogP contribution is -2.14. The maximum atomic E-state index is 4.85. The molecule has 2 nitrogen and oxygen atoms in total. The van der Waals surface area contributed by atoms with Gasteiger partial charge in [-0.15, -0.1) is 0 Å². The fourth-order valence-corrected chi connectivity index (χ4v) is 2.89. The first-order chi connectivity index (χ1) is 6.68. The van der Waals surface area contributed by atoms with Gasteiger partial charge < -0.3 is 4.57 Å². The molecule has 0 aromatic carbocycles. The minimum absolute atomic E-state index is 0.333. The van der Waals surface area contributed by atoms with Crippen molar-refractivity contribution in [2.75, 3.05) is 0 Å². The number of rotatable bonds is 0. The number of imidazole rings is 1. The Hall–Kier alpha value is -0.790. The average Bonchev–Trinajstić information content (AvgIpc) is 2.65. The monoisotopic (exact) mass is 190 g/mol. The van der Waals surface area contributed by atoms with Gasteiger partial charge in [0.25, 0.3) is 0 Å². The molecule has 1 aliphatic heterocycles. The van der Waals surface area contributed by atoms with E-state index in [0.29, 0.717) is 5.41 Å². The van der Waals surface area contributed by atoms with Crippen LogP contribution in [0.25, 0.3) is 0 Å². The Kier molecular flexibility index (Phi) is 1.59. The minimum atomic E-state index is 0.333. The maximum absolute atomic E-state index is 4.85. The smallest absolute Gasteiger partial charge is 0.109 e. The topological polar surface area (TPSA) is 17.8 Å². The number of fused-ring (bicyclic) bond motifs is 3. The fraction of sp³-hybridized carbons (Fsp3) is 0.750. The highest BCUT2D eigenvalue weighted by Crippen LogP contribution is 2.39. The highest BCUT2D eigenvalue weighted by molar-refractivity contribution is 5.31. The Balaban J connectivity index is 2.15. The lowest BCUT2D eigenvalue weighted by molar-refractivity contribution is 0.481. The number of hydrogen-bond acceptors (Lipinski definition) is 1. The third kappa shape index (κ3) is 0.999. The van der Waals surface area contributed by atoms with Gasteiger partial charge in [-0.2, -0.15) is 0 Å². The third-order valence-corrected chi connectivity index (χ3v) is 3.81. The van der Waals surface area contributed by atoms with Crippen molar-refractivity contribution in [2.24, 2.45) is 0 Å². The zero-order valence-corrected chi connectivity index (χ0v) is 9.14. The van der Waals surface area contributed by atoms with E-state index in [1.54, 1.807) is 5.69 Å². The molecule has 0 bridgehead atoms. The van der Waals surface area contributed by atoms with Crippen LogP contribution in [0.5, 0.6) is 0 Å². The molecule has 0 saturated carbocycles. The number of nitrogens with zero attached hydrogens (tertiary/aromatic N) is 2. The van der Waals surface area contributed by atoms with Gasteiger partial charge in [0.2, 0.25) is 0 Å². The van der Waals surface area contributed by atoms with Crippen LogP contribution in [0.15, 0.2) is 0 Å². The molecular formula is C12H18N2. The Labute approximate surface area is 85.3 Å². The van der Waals surface area contributed by atoms with E-state index in [2.05, 4.69) is 18.4 Å². The molecule has 0 spiro atoms. The van der Waals surface area contributed by atoms with Gasteiger partial charge in [0, 0.05) is 24.1 Å². The summed E-state index contributed by atoms with van der Waals surface area (Å²) in [5.74, 6) is 1.36. The van der Waals surface area contributed by atoms with E-state index < -0.39 is 0 Å². The normalized spacial score (nSPS) is 23.3. The quantitative estimate of drug-likeness (QED) is 0.614. The molecule has 0 radical (unpaired) electrons. The molecule has 0 saturated heterocycles. The minimum Gasteiger partial charge on any atom is -0.332 e. The van der Waals surface area contributed by atoms with Crippen LogP contribution in [0.3, 0.4) is 0 Å². The average molecular weight is 190 g/mol. The lowest BCUT2D eigenvalue weighted by Gasteiger charge is -2.16. The van der Waals surface area contributed by atoms with E-state index in [1.807, 2.05) is 0 Å². The van der Waals surface area contributed by atoms with Crippen LogP contribution < -0.4 is 0 Å². The van der Waals surface area contributed by atoms with E-state index >= 15 is 0 Å². The molecule has 1 aliphatic carbocycles. The maximum Gasteiger partial charge on any atom is 0.109 e. The molecule has 76 valence electrons. The van der Waals surface area contributed by atoms with Crippen LogP contribution in [0.1, 0.15) is 50.3 Å². The molecule has 2 heterocycles.